The molecule has 0 aliphatic rings. The van der Waals surface area contributed by atoms with Gasteiger partial charge in [0.1, 0.15) is 6.54 Å². The van der Waals surface area contributed by atoms with E-state index < -0.39 is 44.7 Å². The second-order valence-corrected chi connectivity index (χ2v) is 7.96. The van der Waals surface area contributed by atoms with Crippen molar-refractivity contribution in [1.29, 1.82) is 0 Å². The second kappa shape index (κ2) is 8.37. The van der Waals surface area contributed by atoms with Crippen molar-refractivity contribution in [1.82, 2.24) is 20.2 Å². The molecule has 31 heavy (non-hydrogen) atoms. The topological polar surface area (TPSA) is 107 Å². The van der Waals surface area contributed by atoms with E-state index in [-0.39, 0.29) is 17.1 Å². The number of amides is 1. The number of nitrogens with one attached hydrogen (secondary N) is 1. The first-order chi connectivity index (χ1) is 14.5. The molecule has 0 saturated carbocycles. The molecule has 0 radical (unpaired) electrons. The Morgan fingerprint density at radius 2 is 1.81 bits per heavy atom. The van der Waals surface area contributed by atoms with Crippen molar-refractivity contribution in [2.24, 2.45) is 0 Å². The lowest BCUT2D eigenvalue weighted by Gasteiger charge is -2.10. The summed E-state index contributed by atoms with van der Waals surface area (Å²) < 4.78 is 87.6. The Morgan fingerprint density at radius 1 is 1.10 bits per heavy atom. The van der Waals surface area contributed by atoms with Crippen molar-refractivity contribution < 1.29 is 35.2 Å². The van der Waals surface area contributed by atoms with E-state index in [1.54, 1.807) is 0 Å². The van der Waals surface area contributed by atoms with E-state index in [0.29, 0.717) is 0 Å². The van der Waals surface area contributed by atoms with Crippen molar-refractivity contribution in [3.8, 4) is 11.4 Å². The van der Waals surface area contributed by atoms with Gasteiger partial charge >= 0.3 is 11.9 Å². The van der Waals surface area contributed by atoms with E-state index in [4.69, 9.17) is 0 Å². The second-order valence-electron chi connectivity index (χ2n) is 6.07. The van der Waals surface area contributed by atoms with E-state index in [0.717, 1.165) is 35.1 Å². The molecule has 8 nitrogen and oxygen atoms in total. The van der Waals surface area contributed by atoms with Crippen LogP contribution in [0, 0.1) is 0 Å². The van der Waals surface area contributed by atoms with Crippen LogP contribution in [0.1, 0.15) is 5.56 Å². The fourth-order valence-electron chi connectivity index (χ4n) is 2.49. The fourth-order valence-corrected chi connectivity index (χ4v) is 3.38. The Bertz CT molecular complexity index is 1210. The summed E-state index contributed by atoms with van der Waals surface area (Å²) in [6, 6.07) is 8.74. The van der Waals surface area contributed by atoms with Crippen LogP contribution in [0.25, 0.3) is 11.4 Å². The lowest BCUT2D eigenvalue weighted by atomic mass is 10.1. The highest BCUT2D eigenvalue weighted by molar-refractivity contribution is 7.91. The van der Waals surface area contributed by atoms with Gasteiger partial charge in [-0.1, -0.05) is 24.3 Å². The van der Waals surface area contributed by atoms with Gasteiger partial charge in [-0.15, -0.1) is 10.2 Å². The lowest BCUT2D eigenvalue weighted by Crippen LogP contribution is -2.22. The van der Waals surface area contributed by atoms with Gasteiger partial charge in [-0.05, 0) is 29.5 Å². The van der Waals surface area contributed by atoms with E-state index >= 15 is 0 Å². The molecule has 0 fully saturated rings. The molecule has 1 amide bonds. The van der Waals surface area contributed by atoms with Crippen molar-refractivity contribution in [2.75, 3.05) is 5.32 Å². The predicted octanol–water partition coefficient (Wildman–Crippen LogP) is 2.99. The van der Waals surface area contributed by atoms with E-state index in [2.05, 4.69) is 20.7 Å². The molecule has 0 bridgehead atoms. The number of benzene rings is 2. The van der Waals surface area contributed by atoms with Crippen LogP contribution in [0.4, 0.5) is 27.6 Å². The van der Waals surface area contributed by atoms with E-state index in [1.807, 2.05) is 0 Å². The third kappa shape index (κ3) is 5.02. The predicted molar refractivity (Wildman–Crippen MR) is 96.5 cm³/mol. The minimum Gasteiger partial charge on any atom is -0.323 e. The Morgan fingerprint density at radius 3 is 2.48 bits per heavy atom. The van der Waals surface area contributed by atoms with Gasteiger partial charge in [0, 0.05) is 5.56 Å². The van der Waals surface area contributed by atoms with Crippen LogP contribution in [-0.2, 0) is 27.4 Å². The van der Waals surface area contributed by atoms with Crippen LogP contribution in [0.15, 0.2) is 53.4 Å². The number of para-hydroxylation sites is 1. The highest BCUT2D eigenvalue weighted by Crippen LogP contribution is 2.31. The number of tetrazole rings is 1. The van der Waals surface area contributed by atoms with Gasteiger partial charge in [0.2, 0.25) is 21.6 Å². The fraction of sp³-hybridized carbons (Fsp3) is 0.176. The summed E-state index contributed by atoms with van der Waals surface area (Å²) >= 11 is 0. The highest BCUT2D eigenvalue weighted by atomic mass is 32.2. The molecule has 2 aromatic carbocycles. The summed E-state index contributed by atoms with van der Waals surface area (Å²) in [5, 5.41) is 13.1. The standard InChI is InChI=1S/C17H12F5N5O3S/c18-16(19)31(29,30)13-7-2-1-6-12(13)23-14(28)9-27-25-15(24-26-27)10-4-3-5-11(8-10)17(20,21)22/h1-8,16H,9H2,(H,23,28). The van der Waals surface area contributed by atoms with Gasteiger partial charge in [-0.2, -0.15) is 26.7 Å². The molecule has 0 aliphatic carbocycles. The first-order valence-corrected chi connectivity index (χ1v) is 9.89. The van der Waals surface area contributed by atoms with Gasteiger partial charge in [0.25, 0.3) is 0 Å². The maximum Gasteiger partial charge on any atom is 0.416 e. The molecule has 0 aliphatic heterocycles. The molecule has 164 valence electrons. The first kappa shape index (κ1) is 22.3. The van der Waals surface area contributed by atoms with Crippen molar-refractivity contribution in [3.05, 3.63) is 54.1 Å². The highest BCUT2D eigenvalue weighted by Gasteiger charge is 2.31. The number of alkyl halides is 5. The van der Waals surface area contributed by atoms with Crippen LogP contribution in [0.3, 0.4) is 0 Å². The van der Waals surface area contributed by atoms with Crippen molar-refractivity contribution in [3.63, 3.8) is 0 Å². The Hall–Kier alpha value is -3.42. The van der Waals surface area contributed by atoms with Gasteiger partial charge in [0.15, 0.2) is 0 Å². The molecular weight excluding hydrogens is 449 g/mol. The molecule has 0 unspecified atom stereocenters. The van der Waals surface area contributed by atoms with Crippen molar-refractivity contribution >= 4 is 21.4 Å². The summed E-state index contributed by atoms with van der Waals surface area (Å²) in [7, 11) is -4.96. The zero-order valence-corrected chi connectivity index (χ0v) is 16.0. The largest absolute Gasteiger partial charge is 0.416 e. The number of halogens is 5. The number of hydrogen-bond acceptors (Lipinski definition) is 6. The van der Waals surface area contributed by atoms with Crippen molar-refractivity contribution in [2.45, 2.75) is 23.4 Å². The molecule has 1 N–H and O–H groups in total. The van der Waals surface area contributed by atoms with Crippen LogP contribution < -0.4 is 5.32 Å². The maximum atomic E-state index is 12.8. The first-order valence-electron chi connectivity index (χ1n) is 8.35. The third-order valence-electron chi connectivity index (χ3n) is 3.89. The van der Waals surface area contributed by atoms with Crippen LogP contribution >= 0.6 is 0 Å². The van der Waals surface area contributed by atoms with Gasteiger partial charge < -0.3 is 5.32 Å². The minimum absolute atomic E-state index is 0.00913. The SMILES string of the molecule is O=C(Cn1nnc(-c2cccc(C(F)(F)F)c2)n1)Nc1ccccc1S(=O)(=O)C(F)F. The summed E-state index contributed by atoms with van der Waals surface area (Å²) in [5.41, 5.74) is -1.28. The number of rotatable bonds is 6. The van der Waals surface area contributed by atoms with Gasteiger partial charge in [-0.25, -0.2) is 8.42 Å². The Kier molecular flexibility index (Phi) is 6.01. The molecular formula is C17H12F5N5O3S. The molecule has 0 saturated heterocycles. The van der Waals surface area contributed by atoms with Crippen LogP contribution in [-0.4, -0.2) is 40.3 Å². The van der Waals surface area contributed by atoms with Crippen LogP contribution in [0.5, 0.6) is 0 Å². The monoisotopic (exact) mass is 461 g/mol. The van der Waals surface area contributed by atoms with E-state index in [9.17, 15) is 35.2 Å². The number of carbonyl (C=O) groups excluding carboxylic acids is 1. The minimum atomic E-state index is -4.96. The zero-order chi connectivity index (χ0) is 22.8. The maximum absolute atomic E-state index is 12.8. The molecule has 0 spiro atoms. The number of aromatic nitrogens is 4. The van der Waals surface area contributed by atoms with Crippen LogP contribution in [0.2, 0.25) is 0 Å². The number of sulfone groups is 1. The number of anilines is 1. The summed E-state index contributed by atoms with van der Waals surface area (Å²) in [6.07, 6.45) is -4.57. The average Bonchev–Trinajstić information content (AvgIpc) is 3.16. The smallest absolute Gasteiger partial charge is 0.323 e. The summed E-state index contributed by atoms with van der Waals surface area (Å²) in [4.78, 5) is 12.2. The molecule has 1 aromatic heterocycles. The quantitative estimate of drug-likeness (QED) is 0.566. The number of nitrogens with zero attached hydrogens (tertiary/aromatic N) is 4. The molecule has 1 heterocycles. The van der Waals surface area contributed by atoms with Gasteiger partial charge in [0.05, 0.1) is 16.1 Å². The average molecular weight is 461 g/mol. The van der Waals surface area contributed by atoms with Gasteiger partial charge in [-0.3, -0.25) is 4.79 Å². The summed E-state index contributed by atoms with van der Waals surface area (Å²) in [5.74, 6) is -4.73. The Balaban J connectivity index is 1.77. The molecule has 0 atom stereocenters. The number of carbonyl (C=O) groups is 1. The zero-order valence-electron chi connectivity index (χ0n) is 15.2. The normalized spacial score (nSPS) is 12.2. The third-order valence-corrected chi connectivity index (χ3v) is 5.33. The van der Waals surface area contributed by atoms with E-state index in [1.165, 1.54) is 18.2 Å². The summed E-state index contributed by atoms with van der Waals surface area (Å²) in [6.45, 7) is -0.602. The number of hydrogen-bond donors (Lipinski definition) is 1. The Labute approximate surface area is 171 Å². The molecule has 14 heteroatoms. The molecule has 3 aromatic rings. The lowest BCUT2D eigenvalue weighted by molar-refractivity contribution is -0.137. The molecule has 3 rings (SSSR count).